The predicted molar refractivity (Wildman–Crippen MR) is 73.3 cm³/mol. The van der Waals surface area contributed by atoms with Crippen LogP contribution < -0.4 is 5.32 Å². The first-order chi connectivity index (χ1) is 10.0. The Labute approximate surface area is 119 Å². The largest absolute Gasteiger partial charge is 0.481 e. The fraction of sp³-hybridized carbons (Fsp3) is 0.267. The van der Waals surface area contributed by atoms with E-state index in [0.29, 0.717) is 23.7 Å². The van der Waals surface area contributed by atoms with Crippen molar-refractivity contribution in [2.45, 2.75) is 12.8 Å². The zero-order valence-electron chi connectivity index (χ0n) is 11.1. The van der Waals surface area contributed by atoms with Gasteiger partial charge in [-0.2, -0.15) is 0 Å². The molecule has 0 bridgehead atoms. The van der Waals surface area contributed by atoms with Crippen LogP contribution in [0.5, 0.6) is 0 Å². The van der Waals surface area contributed by atoms with Gasteiger partial charge in [0.15, 0.2) is 0 Å². The number of halogens is 1. The molecule has 21 heavy (non-hydrogen) atoms. The number of hydrogen-bond acceptors (Lipinski definition) is 3. The SMILES string of the molecule is O=C(NCC1(C(=O)O)CC1)c1cc(F)cc2cccnc12. The highest BCUT2D eigenvalue weighted by Gasteiger charge is 2.50. The third-order valence-electron chi connectivity index (χ3n) is 3.81. The summed E-state index contributed by atoms with van der Waals surface area (Å²) >= 11 is 0. The highest BCUT2D eigenvalue weighted by molar-refractivity contribution is 6.05. The first-order valence-electron chi connectivity index (χ1n) is 6.58. The monoisotopic (exact) mass is 288 g/mol. The van der Waals surface area contributed by atoms with Crippen LogP contribution >= 0.6 is 0 Å². The minimum Gasteiger partial charge on any atom is -0.481 e. The van der Waals surface area contributed by atoms with Crippen LogP contribution in [0.3, 0.4) is 0 Å². The average molecular weight is 288 g/mol. The molecule has 0 atom stereocenters. The van der Waals surface area contributed by atoms with Gasteiger partial charge in [-0.05, 0) is 31.0 Å². The second kappa shape index (κ2) is 4.80. The summed E-state index contributed by atoms with van der Waals surface area (Å²) in [7, 11) is 0. The van der Waals surface area contributed by atoms with Crippen molar-refractivity contribution in [1.82, 2.24) is 10.3 Å². The van der Waals surface area contributed by atoms with E-state index in [1.165, 1.54) is 12.3 Å². The van der Waals surface area contributed by atoms with E-state index < -0.39 is 23.1 Å². The minimum absolute atomic E-state index is 0.0476. The van der Waals surface area contributed by atoms with Crippen LogP contribution in [-0.2, 0) is 4.79 Å². The molecule has 0 radical (unpaired) electrons. The van der Waals surface area contributed by atoms with Crippen LogP contribution in [0.25, 0.3) is 10.9 Å². The lowest BCUT2D eigenvalue weighted by molar-refractivity contribution is -0.143. The normalized spacial score (nSPS) is 15.7. The molecule has 1 aliphatic carbocycles. The van der Waals surface area contributed by atoms with Crippen molar-refractivity contribution in [3.8, 4) is 0 Å². The standard InChI is InChI=1S/C15H13FN2O3/c16-10-6-9-2-1-5-17-12(9)11(7-10)13(19)18-8-15(3-4-15)14(20)21/h1-2,5-7H,3-4,8H2,(H,18,19)(H,20,21). The van der Waals surface area contributed by atoms with Gasteiger partial charge in [0.2, 0.25) is 0 Å². The summed E-state index contributed by atoms with van der Waals surface area (Å²) in [6.45, 7) is 0.0476. The topological polar surface area (TPSA) is 79.3 Å². The first kappa shape index (κ1) is 13.5. The van der Waals surface area contributed by atoms with Crippen molar-refractivity contribution >= 4 is 22.8 Å². The molecule has 1 aromatic heterocycles. The number of nitrogens with one attached hydrogen (secondary N) is 1. The Morgan fingerprint density at radius 1 is 1.38 bits per heavy atom. The maximum atomic E-state index is 13.6. The van der Waals surface area contributed by atoms with Crippen molar-refractivity contribution in [2.75, 3.05) is 6.54 Å². The second-order valence-corrected chi connectivity index (χ2v) is 5.30. The van der Waals surface area contributed by atoms with Gasteiger partial charge in [0.1, 0.15) is 5.82 Å². The molecular formula is C15H13FN2O3. The van der Waals surface area contributed by atoms with Gasteiger partial charge in [-0.3, -0.25) is 14.6 Å². The van der Waals surface area contributed by atoms with Gasteiger partial charge >= 0.3 is 5.97 Å². The Kier molecular flexibility index (Phi) is 3.08. The fourth-order valence-corrected chi connectivity index (χ4v) is 2.29. The molecule has 1 aromatic carbocycles. The van der Waals surface area contributed by atoms with Crippen LogP contribution in [0, 0.1) is 11.2 Å². The zero-order chi connectivity index (χ0) is 15.0. The van der Waals surface area contributed by atoms with Gasteiger partial charge in [0.25, 0.3) is 5.91 Å². The van der Waals surface area contributed by atoms with Crippen LogP contribution in [0.1, 0.15) is 23.2 Å². The van der Waals surface area contributed by atoms with Gasteiger partial charge in [-0.1, -0.05) is 6.07 Å². The number of pyridine rings is 1. The van der Waals surface area contributed by atoms with E-state index >= 15 is 0 Å². The first-order valence-corrected chi connectivity index (χ1v) is 6.58. The van der Waals surface area contributed by atoms with Crippen LogP contribution in [0.4, 0.5) is 4.39 Å². The maximum absolute atomic E-state index is 13.6. The third-order valence-corrected chi connectivity index (χ3v) is 3.81. The molecule has 2 N–H and O–H groups in total. The van der Waals surface area contributed by atoms with E-state index in [-0.39, 0.29) is 12.1 Å². The number of amides is 1. The number of carboxylic acids is 1. The number of fused-ring (bicyclic) bond motifs is 1. The van der Waals surface area contributed by atoms with Gasteiger partial charge in [0, 0.05) is 18.1 Å². The van der Waals surface area contributed by atoms with Crippen molar-refractivity contribution in [3.05, 3.63) is 41.8 Å². The maximum Gasteiger partial charge on any atom is 0.311 e. The summed E-state index contributed by atoms with van der Waals surface area (Å²) < 4.78 is 13.6. The number of rotatable bonds is 4. The summed E-state index contributed by atoms with van der Waals surface area (Å²) in [6, 6.07) is 5.75. The van der Waals surface area contributed by atoms with Gasteiger partial charge in [0.05, 0.1) is 16.5 Å². The number of nitrogens with zero attached hydrogens (tertiary/aromatic N) is 1. The van der Waals surface area contributed by atoms with Crippen molar-refractivity contribution in [2.24, 2.45) is 5.41 Å². The van der Waals surface area contributed by atoms with Crippen LogP contribution in [0.15, 0.2) is 30.5 Å². The number of carbonyl (C=O) groups excluding carboxylic acids is 1. The summed E-state index contributed by atoms with van der Waals surface area (Å²) in [5.74, 6) is -1.95. The molecule has 3 rings (SSSR count). The lowest BCUT2D eigenvalue weighted by Gasteiger charge is -2.12. The van der Waals surface area contributed by atoms with Crippen molar-refractivity contribution < 1.29 is 19.1 Å². The average Bonchev–Trinajstić information content (AvgIpc) is 3.25. The second-order valence-electron chi connectivity index (χ2n) is 5.30. The Morgan fingerprint density at radius 3 is 2.81 bits per heavy atom. The number of aliphatic carboxylic acids is 1. The number of aromatic nitrogens is 1. The van der Waals surface area contributed by atoms with Crippen LogP contribution in [-0.4, -0.2) is 28.5 Å². The smallest absolute Gasteiger partial charge is 0.311 e. The Hall–Kier alpha value is -2.50. The molecule has 1 fully saturated rings. The van der Waals surface area contributed by atoms with Crippen molar-refractivity contribution in [3.63, 3.8) is 0 Å². The summed E-state index contributed by atoms with van der Waals surface area (Å²) in [4.78, 5) is 27.4. The zero-order valence-corrected chi connectivity index (χ0v) is 11.1. The van der Waals surface area contributed by atoms with E-state index in [0.717, 1.165) is 6.07 Å². The molecular weight excluding hydrogens is 275 g/mol. The molecule has 1 amide bonds. The minimum atomic E-state index is -0.912. The summed E-state index contributed by atoms with van der Waals surface area (Å²) in [6.07, 6.45) is 2.62. The van der Waals surface area contributed by atoms with Crippen molar-refractivity contribution in [1.29, 1.82) is 0 Å². The predicted octanol–water partition coefficient (Wildman–Crippen LogP) is 1.97. The molecule has 2 aromatic rings. The third kappa shape index (κ3) is 2.44. The van der Waals surface area contributed by atoms with Crippen LogP contribution in [0.2, 0.25) is 0 Å². The van der Waals surface area contributed by atoms with Gasteiger partial charge in [-0.15, -0.1) is 0 Å². The highest BCUT2D eigenvalue weighted by atomic mass is 19.1. The molecule has 0 aliphatic heterocycles. The molecule has 0 saturated heterocycles. The number of carbonyl (C=O) groups is 2. The lowest BCUT2D eigenvalue weighted by Crippen LogP contribution is -2.34. The van der Waals surface area contributed by atoms with Gasteiger partial charge in [-0.25, -0.2) is 4.39 Å². The molecule has 108 valence electrons. The Morgan fingerprint density at radius 2 is 2.14 bits per heavy atom. The molecule has 6 heteroatoms. The van der Waals surface area contributed by atoms with E-state index in [1.54, 1.807) is 12.1 Å². The van der Waals surface area contributed by atoms with E-state index in [9.17, 15) is 14.0 Å². The number of carboxylic acid groups (broad SMARTS) is 1. The van der Waals surface area contributed by atoms with E-state index in [2.05, 4.69) is 10.3 Å². The van der Waals surface area contributed by atoms with E-state index in [4.69, 9.17) is 5.11 Å². The molecule has 1 saturated carbocycles. The molecule has 1 aliphatic rings. The lowest BCUT2D eigenvalue weighted by atomic mass is 10.1. The molecule has 5 nitrogen and oxygen atoms in total. The van der Waals surface area contributed by atoms with E-state index in [1.807, 2.05) is 0 Å². The van der Waals surface area contributed by atoms with Gasteiger partial charge < -0.3 is 10.4 Å². The Bertz CT molecular complexity index is 741. The molecule has 1 heterocycles. The summed E-state index contributed by atoms with van der Waals surface area (Å²) in [5.41, 5.74) is -0.338. The quantitative estimate of drug-likeness (QED) is 0.901. The fourth-order valence-electron chi connectivity index (χ4n) is 2.29. The molecule has 0 unspecified atom stereocenters. The number of hydrogen-bond donors (Lipinski definition) is 2. The highest BCUT2D eigenvalue weighted by Crippen LogP contribution is 2.45. The molecule has 0 spiro atoms. The Balaban J connectivity index is 1.86. The number of benzene rings is 1. The summed E-state index contributed by atoms with van der Waals surface area (Å²) in [5, 5.41) is 12.2.